The van der Waals surface area contributed by atoms with Gasteiger partial charge in [0.2, 0.25) is 5.91 Å². The highest BCUT2D eigenvalue weighted by atomic mass is 35.5. The minimum atomic E-state index is -0.502. The van der Waals surface area contributed by atoms with Crippen molar-refractivity contribution in [1.82, 2.24) is 19.6 Å². The summed E-state index contributed by atoms with van der Waals surface area (Å²) in [5.41, 5.74) is 1.58. The van der Waals surface area contributed by atoms with Crippen molar-refractivity contribution in [2.75, 3.05) is 5.32 Å². The zero-order valence-electron chi connectivity index (χ0n) is 13.8. The second-order valence-corrected chi connectivity index (χ2v) is 6.16. The van der Waals surface area contributed by atoms with Crippen LogP contribution in [0.15, 0.2) is 42.7 Å². The van der Waals surface area contributed by atoms with Crippen molar-refractivity contribution in [3.8, 4) is 0 Å². The Hall–Kier alpha value is -2.67. The van der Waals surface area contributed by atoms with E-state index < -0.39 is 6.04 Å². The Labute approximate surface area is 149 Å². The van der Waals surface area contributed by atoms with E-state index in [9.17, 15) is 9.18 Å². The van der Waals surface area contributed by atoms with Gasteiger partial charge < -0.3 is 5.32 Å². The summed E-state index contributed by atoms with van der Waals surface area (Å²) >= 11 is 6.15. The number of hydrogen-bond acceptors (Lipinski definition) is 3. The van der Waals surface area contributed by atoms with Gasteiger partial charge >= 0.3 is 0 Å². The third-order valence-electron chi connectivity index (χ3n) is 3.71. The number of nitrogens with zero attached hydrogens (tertiary/aromatic N) is 4. The van der Waals surface area contributed by atoms with Crippen LogP contribution >= 0.6 is 11.6 Å². The number of amides is 1. The highest BCUT2D eigenvalue weighted by Crippen LogP contribution is 2.21. The van der Waals surface area contributed by atoms with Gasteiger partial charge in [-0.1, -0.05) is 23.7 Å². The van der Waals surface area contributed by atoms with E-state index in [1.54, 1.807) is 40.8 Å². The van der Waals surface area contributed by atoms with Gasteiger partial charge in [0, 0.05) is 12.4 Å². The van der Waals surface area contributed by atoms with E-state index in [2.05, 4.69) is 15.5 Å². The predicted molar refractivity (Wildman–Crippen MR) is 93.0 cm³/mol. The molecule has 1 amide bonds. The first-order chi connectivity index (χ1) is 11.9. The lowest BCUT2D eigenvalue weighted by atomic mass is 10.2. The van der Waals surface area contributed by atoms with Gasteiger partial charge in [-0.25, -0.2) is 4.39 Å². The summed E-state index contributed by atoms with van der Waals surface area (Å²) < 4.78 is 16.4. The van der Waals surface area contributed by atoms with Crippen LogP contribution in [-0.4, -0.2) is 25.5 Å². The number of hydrogen-bond donors (Lipinski definition) is 1. The van der Waals surface area contributed by atoms with Crippen molar-refractivity contribution >= 4 is 23.3 Å². The van der Waals surface area contributed by atoms with Crippen molar-refractivity contribution in [1.29, 1.82) is 0 Å². The Morgan fingerprint density at radius 2 is 2.16 bits per heavy atom. The fraction of sp³-hybridized carbons (Fsp3) is 0.235. The summed E-state index contributed by atoms with van der Waals surface area (Å²) in [6.07, 6.45) is 3.33. The molecule has 0 saturated heterocycles. The molecule has 1 unspecified atom stereocenters. The van der Waals surface area contributed by atoms with E-state index in [1.165, 1.54) is 12.1 Å². The summed E-state index contributed by atoms with van der Waals surface area (Å²) in [5, 5.41) is 11.5. The van der Waals surface area contributed by atoms with Crippen LogP contribution in [0.4, 0.5) is 10.2 Å². The fourth-order valence-electron chi connectivity index (χ4n) is 2.38. The lowest BCUT2D eigenvalue weighted by Crippen LogP contribution is -2.24. The first kappa shape index (κ1) is 17.2. The molecule has 1 aromatic carbocycles. The van der Waals surface area contributed by atoms with E-state index in [1.807, 2.05) is 13.0 Å². The molecule has 130 valence electrons. The maximum Gasteiger partial charge on any atom is 0.250 e. The number of carbonyl (C=O) groups is 1. The molecule has 2 heterocycles. The molecule has 0 bridgehead atoms. The van der Waals surface area contributed by atoms with Crippen LogP contribution in [0.2, 0.25) is 5.02 Å². The summed E-state index contributed by atoms with van der Waals surface area (Å²) in [5.74, 6) is -0.326. The molecule has 8 heteroatoms. The molecule has 0 aliphatic heterocycles. The van der Waals surface area contributed by atoms with Crippen LogP contribution in [0.3, 0.4) is 0 Å². The van der Waals surface area contributed by atoms with Crippen molar-refractivity contribution in [3.05, 3.63) is 64.8 Å². The van der Waals surface area contributed by atoms with Gasteiger partial charge in [0.1, 0.15) is 16.9 Å². The third kappa shape index (κ3) is 4.06. The van der Waals surface area contributed by atoms with E-state index in [0.717, 1.165) is 11.3 Å². The summed E-state index contributed by atoms with van der Waals surface area (Å²) in [6, 6.07) is 7.55. The molecule has 0 aliphatic rings. The maximum absolute atomic E-state index is 13.3. The van der Waals surface area contributed by atoms with Crippen LogP contribution < -0.4 is 5.32 Å². The highest BCUT2D eigenvalue weighted by Gasteiger charge is 2.18. The van der Waals surface area contributed by atoms with Crippen molar-refractivity contribution < 1.29 is 9.18 Å². The molecule has 0 saturated carbocycles. The lowest BCUT2D eigenvalue weighted by Gasteiger charge is -2.11. The van der Waals surface area contributed by atoms with E-state index >= 15 is 0 Å². The topological polar surface area (TPSA) is 64.7 Å². The second kappa shape index (κ2) is 7.06. The number of rotatable bonds is 5. The molecule has 6 nitrogen and oxygen atoms in total. The summed E-state index contributed by atoms with van der Waals surface area (Å²) in [4.78, 5) is 12.4. The van der Waals surface area contributed by atoms with Gasteiger partial charge in [0.15, 0.2) is 5.82 Å². The molecule has 0 spiro atoms. The van der Waals surface area contributed by atoms with Crippen molar-refractivity contribution in [2.24, 2.45) is 0 Å². The molecule has 0 radical (unpaired) electrons. The van der Waals surface area contributed by atoms with Crippen LogP contribution in [0, 0.1) is 12.7 Å². The fourth-order valence-corrected chi connectivity index (χ4v) is 2.57. The van der Waals surface area contributed by atoms with Gasteiger partial charge in [0.25, 0.3) is 0 Å². The second-order valence-electron chi connectivity index (χ2n) is 5.76. The first-order valence-electron chi connectivity index (χ1n) is 7.72. The third-order valence-corrected chi connectivity index (χ3v) is 3.99. The highest BCUT2D eigenvalue weighted by molar-refractivity contribution is 6.33. The zero-order valence-corrected chi connectivity index (χ0v) is 14.5. The summed E-state index contributed by atoms with van der Waals surface area (Å²) in [7, 11) is 0. The number of benzene rings is 1. The average molecular weight is 362 g/mol. The van der Waals surface area contributed by atoms with Gasteiger partial charge in [0.05, 0.1) is 12.2 Å². The van der Waals surface area contributed by atoms with Crippen LogP contribution in [0.5, 0.6) is 0 Å². The standard InChI is InChI=1S/C17H17ClFN5O/c1-11-6-7-24(21-11)12(2)17(25)20-16-15(18)10-23(22-16)9-13-4-3-5-14(19)8-13/h3-8,10,12H,9H2,1-2H3,(H,20,22,25). The number of anilines is 1. The Bertz CT molecular complexity index is 904. The average Bonchev–Trinajstić information content (AvgIpc) is 3.13. The first-order valence-corrected chi connectivity index (χ1v) is 8.10. The van der Waals surface area contributed by atoms with Gasteiger partial charge in [-0.15, -0.1) is 0 Å². The van der Waals surface area contributed by atoms with E-state index in [-0.39, 0.29) is 17.5 Å². The molecule has 25 heavy (non-hydrogen) atoms. The number of aromatic nitrogens is 4. The number of nitrogens with one attached hydrogen (secondary N) is 1. The SMILES string of the molecule is Cc1ccn(C(C)C(=O)Nc2nn(Cc3cccc(F)c3)cc2Cl)n1. The molecule has 1 N–H and O–H groups in total. The number of halogens is 2. The monoisotopic (exact) mass is 361 g/mol. The molecule has 3 aromatic rings. The van der Waals surface area contributed by atoms with E-state index in [0.29, 0.717) is 11.6 Å². The molecule has 0 aliphatic carbocycles. The van der Waals surface area contributed by atoms with Crippen molar-refractivity contribution in [3.63, 3.8) is 0 Å². The Kier molecular flexibility index (Phi) is 4.85. The Morgan fingerprint density at radius 1 is 1.36 bits per heavy atom. The minimum Gasteiger partial charge on any atom is -0.306 e. The Balaban J connectivity index is 1.71. The molecule has 3 rings (SSSR count). The molecule has 0 fully saturated rings. The Morgan fingerprint density at radius 3 is 2.84 bits per heavy atom. The normalized spacial score (nSPS) is 12.2. The predicted octanol–water partition coefficient (Wildman–Crippen LogP) is 3.43. The van der Waals surface area contributed by atoms with Gasteiger partial charge in [-0.2, -0.15) is 10.2 Å². The van der Waals surface area contributed by atoms with Crippen LogP contribution in [-0.2, 0) is 11.3 Å². The maximum atomic E-state index is 13.3. The van der Waals surface area contributed by atoms with Crippen LogP contribution in [0.1, 0.15) is 24.2 Å². The number of carbonyl (C=O) groups excluding carboxylic acids is 1. The van der Waals surface area contributed by atoms with E-state index in [4.69, 9.17) is 11.6 Å². The lowest BCUT2D eigenvalue weighted by molar-refractivity contribution is -0.119. The summed E-state index contributed by atoms with van der Waals surface area (Å²) in [6.45, 7) is 3.94. The molecular formula is C17H17ClFN5O. The smallest absolute Gasteiger partial charge is 0.250 e. The van der Waals surface area contributed by atoms with Crippen molar-refractivity contribution in [2.45, 2.75) is 26.4 Å². The molecule has 1 atom stereocenters. The molecule has 2 aromatic heterocycles. The van der Waals surface area contributed by atoms with Gasteiger partial charge in [-0.05, 0) is 37.6 Å². The largest absolute Gasteiger partial charge is 0.306 e. The van der Waals surface area contributed by atoms with Crippen LogP contribution in [0.25, 0.3) is 0 Å². The van der Waals surface area contributed by atoms with Gasteiger partial charge in [-0.3, -0.25) is 14.2 Å². The zero-order chi connectivity index (χ0) is 18.0. The number of aryl methyl sites for hydroxylation is 1. The minimum absolute atomic E-state index is 0.263. The quantitative estimate of drug-likeness (QED) is 0.757. The molecular weight excluding hydrogens is 345 g/mol.